The molecule has 2 aromatic heterocycles. The molecular formula is C20H24N4OS. The molecule has 1 aromatic carbocycles. The van der Waals surface area contributed by atoms with Crippen LogP contribution in [0.3, 0.4) is 0 Å². The van der Waals surface area contributed by atoms with Crippen molar-refractivity contribution in [3.05, 3.63) is 57.9 Å². The van der Waals surface area contributed by atoms with E-state index in [2.05, 4.69) is 51.7 Å². The third kappa shape index (κ3) is 3.58. The Morgan fingerprint density at radius 1 is 1.19 bits per heavy atom. The molecule has 0 fully saturated rings. The van der Waals surface area contributed by atoms with Gasteiger partial charge in [-0.15, -0.1) is 11.3 Å². The molecule has 0 N–H and O–H groups in total. The summed E-state index contributed by atoms with van der Waals surface area (Å²) in [7, 11) is 1.75. The molecule has 0 atom stereocenters. The van der Waals surface area contributed by atoms with Gasteiger partial charge in [0.05, 0.1) is 23.0 Å². The minimum atomic E-state index is 0.703. The Hall–Kier alpha value is -2.02. The largest absolute Gasteiger partial charge is 0.384 e. The molecule has 1 aliphatic rings. The second kappa shape index (κ2) is 7.70. The van der Waals surface area contributed by atoms with Crippen LogP contribution in [0.15, 0.2) is 36.5 Å². The second-order valence-corrected chi connectivity index (χ2v) is 7.96. The first-order chi connectivity index (χ1) is 12.7. The molecule has 1 aliphatic heterocycles. The number of benzene rings is 1. The van der Waals surface area contributed by atoms with Crippen molar-refractivity contribution in [2.24, 2.45) is 0 Å². The van der Waals surface area contributed by atoms with E-state index < -0.39 is 0 Å². The average molecular weight is 369 g/mol. The summed E-state index contributed by atoms with van der Waals surface area (Å²) in [5.41, 5.74) is 3.62. The van der Waals surface area contributed by atoms with Crippen molar-refractivity contribution < 1.29 is 4.74 Å². The van der Waals surface area contributed by atoms with E-state index in [1.165, 1.54) is 16.1 Å². The molecular weight excluding hydrogens is 344 g/mol. The van der Waals surface area contributed by atoms with Crippen molar-refractivity contribution >= 4 is 11.3 Å². The molecule has 0 amide bonds. The number of thiazole rings is 1. The van der Waals surface area contributed by atoms with Gasteiger partial charge >= 0.3 is 0 Å². The first-order valence-corrected chi connectivity index (χ1v) is 9.82. The summed E-state index contributed by atoms with van der Waals surface area (Å²) in [4.78, 5) is 13.2. The Kier molecular flexibility index (Phi) is 5.15. The average Bonchev–Trinajstić information content (AvgIpc) is 3.24. The highest BCUT2D eigenvalue weighted by Crippen LogP contribution is 2.29. The number of hydrogen-bond acceptors (Lipinski definition) is 5. The fraction of sp³-hybridized carbons (Fsp3) is 0.400. The predicted molar refractivity (Wildman–Crippen MR) is 104 cm³/mol. The molecule has 3 heterocycles. The summed E-state index contributed by atoms with van der Waals surface area (Å²) in [6.45, 7) is 6.66. The number of nitrogens with zero attached hydrogens (tertiary/aromatic N) is 4. The maximum absolute atomic E-state index is 5.28. The van der Waals surface area contributed by atoms with Crippen LogP contribution < -0.4 is 0 Å². The highest BCUT2D eigenvalue weighted by atomic mass is 32.1. The SMILES string of the molecule is COCCc1nc(-c2ccccc2)c2n1CCN(Cc1cnc(C)s1)C2. The minimum absolute atomic E-state index is 0.703. The number of aryl methyl sites for hydroxylation is 1. The summed E-state index contributed by atoms with van der Waals surface area (Å²) in [5, 5.41) is 1.13. The Morgan fingerprint density at radius 2 is 2.04 bits per heavy atom. The fourth-order valence-electron chi connectivity index (χ4n) is 3.54. The van der Waals surface area contributed by atoms with Crippen LogP contribution in [0, 0.1) is 6.92 Å². The Labute approximate surface area is 158 Å². The molecule has 0 aliphatic carbocycles. The van der Waals surface area contributed by atoms with E-state index in [9.17, 15) is 0 Å². The van der Waals surface area contributed by atoms with Crippen LogP contribution in [-0.2, 0) is 30.8 Å². The van der Waals surface area contributed by atoms with Crippen LogP contribution >= 0.6 is 11.3 Å². The third-order valence-corrected chi connectivity index (χ3v) is 5.69. The summed E-state index contributed by atoms with van der Waals surface area (Å²) in [6, 6.07) is 10.5. The van der Waals surface area contributed by atoms with E-state index in [0.717, 1.165) is 49.1 Å². The monoisotopic (exact) mass is 368 g/mol. The number of fused-ring (bicyclic) bond motifs is 1. The van der Waals surface area contributed by atoms with Gasteiger partial charge in [0.25, 0.3) is 0 Å². The lowest BCUT2D eigenvalue weighted by atomic mass is 10.1. The number of aromatic nitrogens is 3. The van der Waals surface area contributed by atoms with Gasteiger partial charge in [0.2, 0.25) is 0 Å². The van der Waals surface area contributed by atoms with Crippen LogP contribution in [0.1, 0.15) is 21.4 Å². The van der Waals surface area contributed by atoms with Gasteiger partial charge in [-0.25, -0.2) is 9.97 Å². The Bertz CT molecular complexity index is 871. The molecule has 6 heteroatoms. The molecule has 0 bridgehead atoms. The summed E-state index contributed by atoms with van der Waals surface area (Å²) < 4.78 is 7.68. The van der Waals surface area contributed by atoms with Crippen molar-refractivity contribution in [3.8, 4) is 11.3 Å². The fourth-order valence-corrected chi connectivity index (χ4v) is 4.38. The van der Waals surface area contributed by atoms with Gasteiger partial charge in [-0.1, -0.05) is 30.3 Å². The van der Waals surface area contributed by atoms with E-state index in [1.807, 2.05) is 6.20 Å². The van der Waals surface area contributed by atoms with Crippen LogP contribution in [0.25, 0.3) is 11.3 Å². The first-order valence-electron chi connectivity index (χ1n) is 9.01. The molecule has 0 saturated heterocycles. The van der Waals surface area contributed by atoms with Crippen LogP contribution in [0.5, 0.6) is 0 Å². The molecule has 0 radical (unpaired) electrons. The molecule has 26 heavy (non-hydrogen) atoms. The van der Waals surface area contributed by atoms with E-state index in [4.69, 9.17) is 9.72 Å². The summed E-state index contributed by atoms with van der Waals surface area (Å²) in [5.74, 6) is 1.13. The molecule has 0 spiro atoms. The lowest BCUT2D eigenvalue weighted by Gasteiger charge is -2.29. The molecule has 3 aromatic rings. The zero-order chi connectivity index (χ0) is 17.9. The zero-order valence-electron chi connectivity index (χ0n) is 15.3. The van der Waals surface area contributed by atoms with Gasteiger partial charge < -0.3 is 9.30 Å². The second-order valence-electron chi connectivity index (χ2n) is 6.64. The smallest absolute Gasteiger partial charge is 0.112 e. The van der Waals surface area contributed by atoms with E-state index in [0.29, 0.717) is 6.61 Å². The Morgan fingerprint density at radius 3 is 2.77 bits per heavy atom. The molecule has 5 nitrogen and oxygen atoms in total. The number of methoxy groups -OCH3 is 1. The molecule has 0 saturated carbocycles. The standard InChI is InChI=1S/C20H24N4OS/c1-15-21-12-17(26-15)13-23-9-10-24-18(14-23)20(16-6-4-3-5-7-16)22-19(24)8-11-25-2/h3-7,12H,8-11,13-14H2,1-2H3. The molecule has 136 valence electrons. The predicted octanol–water partition coefficient (Wildman–Crippen LogP) is 3.52. The van der Waals surface area contributed by atoms with Crippen molar-refractivity contribution in [2.45, 2.75) is 33.0 Å². The number of imidazole rings is 1. The van der Waals surface area contributed by atoms with E-state index in [-0.39, 0.29) is 0 Å². The topological polar surface area (TPSA) is 43.2 Å². The van der Waals surface area contributed by atoms with Crippen LogP contribution in [0.4, 0.5) is 0 Å². The number of hydrogen-bond donors (Lipinski definition) is 0. The highest BCUT2D eigenvalue weighted by Gasteiger charge is 2.25. The maximum Gasteiger partial charge on any atom is 0.112 e. The summed E-state index contributed by atoms with van der Waals surface area (Å²) >= 11 is 1.79. The lowest BCUT2D eigenvalue weighted by molar-refractivity contribution is 0.193. The van der Waals surface area contributed by atoms with Gasteiger partial charge in [-0.3, -0.25) is 4.90 Å². The van der Waals surface area contributed by atoms with Crippen LogP contribution in [-0.4, -0.2) is 39.7 Å². The zero-order valence-corrected chi connectivity index (χ0v) is 16.1. The van der Waals surface area contributed by atoms with Gasteiger partial charge in [0.15, 0.2) is 0 Å². The van der Waals surface area contributed by atoms with E-state index in [1.54, 1.807) is 18.4 Å². The highest BCUT2D eigenvalue weighted by molar-refractivity contribution is 7.11. The maximum atomic E-state index is 5.28. The lowest BCUT2D eigenvalue weighted by Crippen LogP contribution is -2.33. The Balaban J connectivity index is 1.63. The van der Waals surface area contributed by atoms with Crippen molar-refractivity contribution in [1.82, 2.24) is 19.4 Å². The first kappa shape index (κ1) is 17.4. The van der Waals surface area contributed by atoms with Crippen molar-refractivity contribution in [1.29, 1.82) is 0 Å². The molecule has 4 rings (SSSR count). The quantitative estimate of drug-likeness (QED) is 0.668. The van der Waals surface area contributed by atoms with Crippen molar-refractivity contribution in [2.75, 3.05) is 20.3 Å². The number of rotatable bonds is 6. The normalized spacial score (nSPS) is 14.5. The van der Waals surface area contributed by atoms with Gasteiger partial charge in [0, 0.05) is 56.3 Å². The summed E-state index contributed by atoms with van der Waals surface area (Å²) in [6.07, 6.45) is 2.86. The third-order valence-electron chi connectivity index (χ3n) is 4.79. The van der Waals surface area contributed by atoms with Gasteiger partial charge in [0.1, 0.15) is 5.82 Å². The van der Waals surface area contributed by atoms with Crippen LogP contribution in [0.2, 0.25) is 0 Å². The van der Waals surface area contributed by atoms with Crippen molar-refractivity contribution in [3.63, 3.8) is 0 Å². The van der Waals surface area contributed by atoms with E-state index >= 15 is 0 Å². The number of ether oxygens (including phenoxy) is 1. The minimum Gasteiger partial charge on any atom is -0.384 e. The molecule has 0 unspecified atom stereocenters. The van der Waals surface area contributed by atoms with Gasteiger partial charge in [-0.2, -0.15) is 0 Å². The van der Waals surface area contributed by atoms with Gasteiger partial charge in [-0.05, 0) is 6.92 Å².